The number of rotatable bonds is 3. The van der Waals surface area contributed by atoms with Crippen LogP contribution in [0.4, 0.5) is 0 Å². The summed E-state index contributed by atoms with van der Waals surface area (Å²) < 4.78 is 0. The van der Waals surface area contributed by atoms with Crippen LogP contribution >= 0.6 is 0 Å². The van der Waals surface area contributed by atoms with Gasteiger partial charge in [0.15, 0.2) is 0 Å². The van der Waals surface area contributed by atoms with E-state index in [0.717, 1.165) is 25.9 Å². The second-order valence-corrected chi connectivity index (χ2v) is 1.57. The van der Waals surface area contributed by atoms with Gasteiger partial charge in [-0.1, -0.05) is 0 Å². The summed E-state index contributed by atoms with van der Waals surface area (Å²) in [6.07, 6.45) is 6.73. The van der Waals surface area contributed by atoms with E-state index in [0.29, 0.717) is 0 Å². The molecule has 0 aliphatic carbocycles. The molecule has 0 spiro atoms. The van der Waals surface area contributed by atoms with Gasteiger partial charge in [-0.25, -0.2) is 0 Å². The van der Waals surface area contributed by atoms with Crippen molar-refractivity contribution < 1.29 is 0 Å². The van der Waals surface area contributed by atoms with E-state index < -0.39 is 0 Å². The second kappa shape index (κ2) is 15.6. The highest BCUT2D eigenvalue weighted by molar-refractivity contribution is 4.73. The van der Waals surface area contributed by atoms with Gasteiger partial charge in [0.25, 0.3) is 0 Å². The maximum Gasteiger partial charge on any atom is -0.00297 e. The van der Waals surface area contributed by atoms with Gasteiger partial charge >= 0.3 is 0 Å². The van der Waals surface area contributed by atoms with Gasteiger partial charge in [0.05, 0.1) is 0 Å². The zero-order valence-electron chi connectivity index (χ0n) is 6.06. The molecule has 0 saturated carbocycles. The highest BCUT2D eigenvalue weighted by Crippen LogP contribution is 1.77. The zero-order valence-corrected chi connectivity index (χ0v) is 6.06. The standard InChI is InChI=1S/C4H12N2.C3H4/c5-3-1-2-4-6;1-3-2/h1-6H2;1H,2H3. The SMILES string of the molecule is C#CC.NCCCCN. The molecule has 2 nitrogen and oxygen atoms in total. The van der Waals surface area contributed by atoms with Gasteiger partial charge in [-0.2, -0.15) is 0 Å². The second-order valence-electron chi connectivity index (χ2n) is 1.57. The van der Waals surface area contributed by atoms with Crippen molar-refractivity contribution in [3.63, 3.8) is 0 Å². The summed E-state index contributed by atoms with van der Waals surface area (Å²) in [7, 11) is 0. The number of hydrogen-bond acceptors (Lipinski definition) is 2. The molecule has 9 heavy (non-hydrogen) atoms. The van der Waals surface area contributed by atoms with Crippen LogP contribution in [-0.2, 0) is 0 Å². The van der Waals surface area contributed by atoms with Gasteiger partial charge in [0.2, 0.25) is 0 Å². The first-order valence-electron chi connectivity index (χ1n) is 3.11. The Morgan fingerprint density at radius 3 is 1.56 bits per heavy atom. The fourth-order valence-corrected chi connectivity index (χ4v) is 0.289. The van der Waals surface area contributed by atoms with Crippen LogP contribution in [0.15, 0.2) is 0 Å². The molecule has 0 saturated heterocycles. The Morgan fingerprint density at radius 1 is 1.22 bits per heavy atom. The highest BCUT2D eigenvalue weighted by atomic mass is 14.5. The van der Waals surface area contributed by atoms with Gasteiger partial charge in [0, 0.05) is 0 Å². The molecule has 0 radical (unpaired) electrons. The maximum atomic E-state index is 5.16. The Labute approximate surface area is 57.6 Å². The molecule has 0 fully saturated rings. The van der Waals surface area contributed by atoms with Gasteiger partial charge < -0.3 is 11.5 Å². The summed E-state index contributed by atoms with van der Waals surface area (Å²) in [6, 6.07) is 0. The van der Waals surface area contributed by atoms with Crippen molar-refractivity contribution in [3.8, 4) is 12.3 Å². The molecular weight excluding hydrogens is 112 g/mol. The predicted molar refractivity (Wildman–Crippen MR) is 41.8 cm³/mol. The quantitative estimate of drug-likeness (QED) is 0.425. The summed E-state index contributed by atoms with van der Waals surface area (Å²) in [4.78, 5) is 0. The molecule has 0 aromatic rings. The third-order valence-electron chi connectivity index (χ3n) is 0.658. The summed E-state index contributed by atoms with van der Waals surface area (Å²) in [5.74, 6) is 2.25. The van der Waals surface area contributed by atoms with Crippen LogP contribution in [0.25, 0.3) is 0 Å². The van der Waals surface area contributed by atoms with Crippen molar-refractivity contribution in [2.75, 3.05) is 13.1 Å². The summed E-state index contributed by atoms with van der Waals surface area (Å²) in [5.41, 5.74) is 10.3. The third-order valence-corrected chi connectivity index (χ3v) is 0.658. The van der Waals surface area contributed by atoms with Crippen molar-refractivity contribution in [2.24, 2.45) is 11.5 Å². The molecule has 2 heteroatoms. The maximum absolute atomic E-state index is 5.16. The first-order valence-corrected chi connectivity index (χ1v) is 3.11. The van der Waals surface area contributed by atoms with Crippen molar-refractivity contribution >= 4 is 0 Å². The van der Waals surface area contributed by atoms with Gasteiger partial charge in [-0.3, -0.25) is 0 Å². The van der Waals surface area contributed by atoms with Crippen molar-refractivity contribution in [3.05, 3.63) is 0 Å². The van der Waals surface area contributed by atoms with Crippen LogP contribution in [0.1, 0.15) is 19.8 Å². The summed E-state index contributed by atoms with van der Waals surface area (Å²) in [5, 5.41) is 0. The molecule has 4 N–H and O–H groups in total. The average molecular weight is 128 g/mol. The molecule has 0 atom stereocenters. The molecule has 0 aromatic heterocycles. The summed E-state index contributed by atoms with van der Waals surface area (Å²) >= 11 is 0. The fourth-order valence-electron chi connectivity index (χ4n) is 0.289. The Balaban J connectivity index is 0. The van der Waals surface area contributed by atoms with Gasteiger partial charge in [-0.15, -0.1) is 12.3 Å². The highest BCUT2D eigenvalue weighted by Gasteiger charge is 1.75. The Hall–Kier alpha value is -0.520. The molecule has 0 amide bonds. The molecule has 0 aliphatic rings. The van der Waals surface area contributed by atoms with E-state index >= 15 is 0 Å². The van der Waals surface area contributed by atoms with Crippen molar-refractivity contribution in [2.45, 2.75) is 19.8 Å². The number of nitrogens with two attached hydrogens (primary N) is 2. The summed E-state index contributed by atoms with van der Waals surface area (Å²) in [6.45, 7) is 3.20. The van der Waals surface area contributed by atoms with E-state index in [2.05, 4.69) is 12.3 Å². The predicted octanol–water partition coefficient (Wildman–Crippen LogP) is 0.324. The van der Waals surface area contributed by atoms with E-state index in [-0.39, 0.29) is 0 Å². The minimum absolute atomic E-state index is 0.775. The minimum Gasteiger partial charge on any atom is -0.330 e. The smallest absolute Gasteiger partial charge is 0.00297 e. The molecule has 0 aromatic carbocycles. The zero-order chi connectivity index (χ0) is 7.54. The molecule has 0 bridgehead atoms. The molecular formula is C7H16N2. The number of terminal acetylenes is 1. The molecule has 0 heterocycles. The van der Waals surface area contributed by atoms with Crippen LogP contribution in [0.2, 0.25) is 0 Å². The Morgan fingerprint density at radius 2 is 1.44 bits per heavy atom. The lowest BCUT2D eigenvalue weighted by Crippen LogP contribution is -2.03. The molecule has 0 unspecified atom stereocenters. The van der Waals surface area contributed by atoms with Gasteiger partial charge in [-0.05, 0) is 32.9 Å². The number of unbranched alkanes of at least 4 members (excludes halogenated alkanes) is 1. The van der Waals surface area contributed by atoms with E-state index in [9.17, 15) is 0 Å². The van der Waals surface area contributed by atoms with E-state index in [4.69, 9.17) is 11.5 Å². The molecule has 54 valence electrons. The first-order chi connectivity index (χ1) is 4.33. The van der Waals surface area contributed by atoms with E-state index in [1.807, 2.05) is 0 Å². The van der Waals surface area contributed by atoms with Crippen LogP contribution in [0.3, 0.4) is 0 Å². The normalized spacial score (nSPS) is 6.89. The van der Waals surface area contributed by atoms with Gasteiger partial charge in [0.1, 0.15) is 0 Å². The van der Waals surface area contributed by atoms with Crippen LogP contribution in [-0.4, -0.2) is 13.1 Å². The van der Waals surface area contributed by atoms with E-state index in [1.54, 1.807) is 6.92 Å². The largest absolute Gasteiger partial charge is 0.330 e. The Bertz CT molecular complexity index is 59.8. The fraction of sp³-hybridized carbons (Fsp3) is 0.714. The lowest BCUT2D eigenvalue weighted by atomic mass is 10.3. The third kappa shape index (κ3) is 36.5. The average Bonchev–Trinajstić information content (AvgIpc) is 1.86. The van der Waals surface area contributed by atoms with Crippen LogP contribution < -0.4 is 11.5 Å². The lowest BCUT2D eigenvalue weighted by molar-refractivity contribution is 0.755. The molecule has 0 rings (SSSR count). The minimum atomic E-state index is 0.775. The van der Waals surface area contributed by atoms with Crippen molar-refractivity contribution in [1.29, 1.82) is 0 Å². The monoisotopic (exact) mass is 128 g/mol. The van der Waals surface area contributed by atoms with E-state index in [1.165, 1.54) is 0 Å². The van der Waals surface area contributed by atoms with Crippen LogP contribution in [0, 0.1) is 12.3 Å². The first kappa shape index (κ1) is 11.3. The Kier molecular flexibility index (Phi) is 19.6. The van der Waals surface area contributed by atoms with Crippen molar-refractivity contribution in [1.82, 2.24) is 0 Å². The lowest BCUT2D eigenvalue weighted by Gasteiger charge is -1.87. The number of hydrogen-bond donors (Lipinski definition) is 2. The van der Waals surface area contributed by atoms with Crippen LogP contribution in [0.5, 0.6) is 0 Å². The topological polar surface area (TPSA) is 52.0 Å². The molecule has 0 aliphatic heterocycles.